The standard InChI is InChI=1S/C20H44N/c1-5-9-12-13-14-16-20-21(17-8-4,18-11-7-3)19-15-10-6-2/h5-20H2,1-4H3/q+1. The topological polar surface area (TPSA) is 0 Å². The summed E-state index contributed by atoms with van der Waals surface area (Å²) in [5, 5.41) is 0. The lowest BCUT2D eigenvalue weighted by molar-refractivity contribution is -0.929. The van der Waals surface area contributed by atoms with E-state index in [0.29, 0.717) is 0 Å². The Morgan fingerprint density at radius 1 is 0.381 bits per heavy atom. The first-order valence-corrected chi connectivity index (χ1v) is 10.1. The van der Waals surface area contributed by atoms with Crippen molar-refractivity contribution in [1.29, 1.82) is 0 Å². The zero-order chi connectivity index (χ0) is 15.8. The number of unbranched alkanes of at least 4 members (excludes halogenated alkanes) is 8. The van der Waals surface area contributed by atoms with Gasteiger partial charge in [0.15, 0.2) is 0 Å². The number of rotatable bonds is 16. The van der Waals surface area contributed by atoms with Crippen LogP contribution in [0.4, 0.5) is 0 Å². The van der Waals surface area contributed by atoms with Gasteiger partial charge in [-0.05, 0) is 38.5 Å². The maximum Gasteiger partial charge on any atom is 0.0786 e. The van der Waals surface area contributed by atoms with Crippen molar-refractivity contribution in [2.75, 3.05) is 26.2 Å². The lowest BCUT2D eigenvalue weighted by Crippen LogP contribution is -2.50. The predicted molar refractivity (Wildman–Crippen MR) is 97.8 cm³/mol. The molecule has 0 saturated heterocycles. The van der Waals surface area contributed by atoms with Crippen LogP contribution in [0, 0.1) is 0 Å². The van der Waals surface area contributed by atoms with E-state index in [1.807, 2.05) is 0 Å². The second-order valence-corrected chi connectivity index (χ2v) is 7.06. The summed E-state index contributed by atoms with van der Waals surface area (Å²) in [6, 6.07) is 0. The molecule has 0 spiro atoms. The van der Waals surface area contributed by atoms with Gasteiger partial charge in [-0.25, -0.2) is 0 Å². The molecule has 0 aliphatic rings. The van der Waals surface area contributed by atoms with E-state index in [9.17, 15) is 0 Å². The summed E-state index contributed by atoms with van der Waals surface area (Å²) in [5.41, 5.74) is 0. The molecule has 0 aromatic rings. The molecule has 1 atom stereocenters. The Hall–Kier alpha value is -0.0400. The molecule has 0 N–H and O–H groups in total. The summed E-state index contributed by atoms with van der Waals surface area (Å²) >= 11 is 0. The van der Waals surface area contributed by atoms with E-state index in [1.165, 1.54) is 108 Å². The Balaban J connectivity index is 4.23. The van der Waals surface area contributed by atoms with E-state index >= 15 is 0 Å². The fraction of sp³-hybridized carbons (Fsp3) is 1.00. The second-order valence-electron chi connectivity index (χ2n) is 7.06. The minimum atomic E-state index is 1.35. The number of quaternary nitrogens is 1. The van der Waals surface area contributed by atoms with Gasteiger partial charge in [-0.2, -0.15) is 0 Å². The van der Waals surface area contributed by atoms with Crippen molar-refractivity contribution < 1.29 is 4.48 Å². The van der Waals surface area contributed by atoms with Crippen LogP contribution in [-0.4, -0.2) is 30.7 Å². The van der Waals surface area contributed by atoms with Crippen LogP contribution in [0.3, 0.4) is 0 Å². The Kier molecular flexibility index (Phi) is 14.9. The molecule has 0 aromatic heterocycles. The molecule has 0 radical (unpaired) electrons. The Bertz CT molecular complexity index is 202. The van der Waals surface area contributed by atoms with Gasteiger partial charge in [0.25, 0.3) is 0 Å². The van der Waals surface area contributed by atoms with Crippen molar-refractivity contribution in [3.05, 3.63) is 0 Å². The first-order valence-electron chi connectivity index (χ1n) is 10.1. The molecule has 0 aliphatic carbocycles. The van der Waals surface area contributed by atoms with Gasteiger partial charge in [-0.1, -0.05) is 66.2 Å². The highest BCUT2D eigenvalue weighted by atomic mass is 15.3. The van der Waals surface area contributed by atoms with Crippen LogP contribution in [-0.2, 0) is 0 Å². The Labute approximate surface area is 136 Å². The van der Waals surface area contributed by atoms with E-state index in [2.05, 4.69) is 27.7 Å². The zero-order valence-electron chi connectivity index (χ0n) is 15.8. The molecule has 1 unspecified atom stereocenters. The molecule has 0 heterocycles. The summed E-state index contributed by atoms with van der Waals surface area (Å²) in [4.78, 5) is 0. The number of nitrogens with zero attached hydrogens (tertiary/aromatic N) is 1. The first kappa shape index (κ1) is 21.0. The fourth-order valence-electron chi connectivity index (χ4n) is 3.56. The number of hydrogen-bond donors (Lipinski definition) is 0. The van der Waals surface area contributed by atoms with E-state index < -0.39 is 0 Å². The fourth-order valence-corrected chi connectivity index (χ4v) is 3.56. The first-order chi connectivity index (χ1) is 10.2. The average Bonchev–Trinajstić information content (AvgIpc) is 2.49. The third kappa shape index (κ3) is 11.2. The molecular weight excluding hydrogens is 254 g/mol. The van der Waals surface area contributed by atoms with Crippen molar-refractivity contribution in [2.45, 2.75) is 105 Å². The normalized spacial score (nSPS) is 14.3. The van der Waals surface area contributed by atoms with Gasteiger partial charge >= 0.3 is 0 Å². The van der Waals surface area contributed by atoms with Gasteiger partial charge < -0.3 is 4.48 Å². The van der Waals surface area contributed by atoms with Crippen molar-refractivity contribution in [3.63, 3.8) is 0 Å². The Morgan fingerprint density at radius 2 is 0.810 bits per heavy atom. The van der Waals surface area contributed by atoms with Crippen molar-refractivity contribution >= 4 is 0 Å². The monoisotopic (exact) mass is 298 g/mol. The van der Waals surface area contributed by atoms with Crippen molar-refractivity contribution in [2.24, 2.45) is 0 Å². The van der Waals surface area contributed by atoms with Crippen LogP contribution in [0.15, 0.2) is 0 Å². The lowest BCUT2D eigenvalue weighted by Gasteiger charge is -2.39. The molecule has 0 rings (SSSR count). The Morgan fingerprint density at radius 3 is 1.38 bits per heavy atom. The lowest BCUT2D eigenvalue weighted by atomic mass is 10.1. The van der Waals surface area contributed by atoms with Crippen LogP contribution in [0.25, 0.3) is 0 Å². The van der Waals surface area contributed by atoms with Crippen molar-refractivity contribution in [3.8, 4) is 0 Å². The minimum absolute atomic E-state index is 1.35. The maximum absolute atomic E-state index is 2.38. The molecular formula is C20H44N+. The molecule has 1 nitrogen and oxygen atoms in total. The van der Waals surface area contributed by atoms with Crippen LogP contribution in [0.5, 0.6) is 0 Å². The van der Waals surface area contributed by atoms with Gasteiger partial charge in [0.2, 0.25) is 0 Å². The molecule has 0 fully saturated rings. The quantitative estimate of drug-likeness (QED) is 0.223. The van der Waals surface area contributed by atoms with Gasteiger partial charge in [0.05, 0.1) is 26.2 Å². The van der Waals surface area contributed by atoms with E-state index in [4.69, 9.17) is 0 Å². The molecule has 0 aromatic carbocycles. The molecule has 0 amide bonds. The van der Waals surface area contributed by atoms with Gasteiger partial charge in [0, 0.05) is 0 Å². The van der Waals surface area contributed by atoms with E-state index in [-0.39, 0.29) is 0 Å². The van der Waals surface area contributed by atoms with Gasteiger partial charge in [-0.15, -0.1) is 0 Å². The summed E-state index contributed by atoms with van der Waals surface area (Å²) in [5.74, 6) is 0. The van der Waals surface area contributed by atoms with Gasteiger partial charge in [0.1, 0.15) is 0 Å². The van der Waals surface area contributed by atoms with E-state index in [1.54, 1.807) is 0 Å². The molecule has 128 valence electrons. The van der Waals surface area contributed by atoms with E-state index in [0.717, 1.165) is 0 Å². The average molecular weight is 299 g/mol. The summed E-state index contributed by atoms with van der Waals surface area (Å²) in [6.07, 6.45) is 17.0. The second kappa shape index (κ2) is 14.9. The minimum Gasteiger partial charge on any atom is -0.324 e. The summed E-state index contributed by atoms with van der Waals surface area (Å²) < 4.78 is 1.43. The molecule has 0 aliphatic heterocycles. The molecule has 0 bridgehead atoms. The SMILES string of the molecule is CCCCCCCC[N+](CCC)(CCCC)CCCCC. The van der Waals surface area contributed by atoms with Gasteiger partial charge in [-0.3, -0.25) is 0 Å². The van der Waals surface area contributed by atoms with Crippen LogP contribution < -0.4 is 0 Å². The van der Waals surface area contributed by atoms with Crippen LogP contribution in [0.2, 0.25) is 0 Å². The molecule has 0 saturated carbocycles. The van der Waals surface area contributed by atoms with Crippen LogP contribution in [0.1, 0.15) is 105 Å². The molecule has 1 heteroatoms. The van der Waals surface area contributed by atoms with Crippen molar-refractivity contribution in [1.82, 2.24) is 0 Å². The summed E-state index contributed by atoms with van der Waals surface area (Å²) in [6.45, 7) is 15.1. The largest absolute Gasteiger partial charge is 0.324 e. The predicted octanol–water partition coefficient (Wildman–Crippen LogP) is 6.56. The highest BCUT2D eigenvalue weighted by molar-refractivity contribution is 4.51. The number of hydrogen-bond acceptors (Lipinski definition) is 0. The highest BCUT2D eigenvalue weighted by Crippen LogP contribution is 2.17. The third-order valence-corrected chi connectivity index (χ3v) is 4.91. The smallest absolute Gasteiger partial charge is 0.0786 e. The third-order valence-electron chi connectivity index (χ3n) is 4.91. The van der Waals surface area contributed by atoms with Crippen LogP contribution >= 0.6 is 0 Å². The summed E-state index contributed by atoms with van der Waals surface area (Å²) in [7, 11) is 0. The zero-order valence-corrected chi connectivity index (χ0v) is 15.8. The molecule has 21 heavy (non-hydrogen) atoms. The highest BCUT2D eigenvalue weighted by Gasteiger charge is 2.24. The maximum atomic E-state index is 2.38.